The molecule has 0 amide bonds. The molecule has 2 aromatic carbocycles. The summed E-state index contributed by atoms with van der Waals surface area (Å²) in [5.41, 5.74) is 7.00. The maximum absolute atomic E-state index is 12.9. The normalized spacial score (nSPS) is 11.8. The fraction of sp³-hybridized carbons (Fsp3) is 0.0625. The Morgan fingerprint density at radius 1 is 0.905 bits per heavy atom. The van der Waals surface area contributed by atoms with Crippen molar-refractivity contribution in [3.8, 4) is 11.1 Å². The van der Waals surface area contributed by atoms with E-state index in [1.807, 2.05) is 12.1 Å². The predicted octanol–water partition coefficient (Wildman–Crippen LogP) is 4.50. The first-order valence-corrected chi connectivity index (χ1v) is 6.27. The van der Waals surface area contributed by atoms with E-state index in [-0.39, 0.29) is 0 Å². The highest BCUT2D eigenvalue weighted by molar-refractivity contribution is 5.96. The van der Waals surface area contributed by atoms with E-state index >= 15 is 0 Å². The fourth-order valence-electron chi connectivity index (χ4n) is 2.29. The van der Waals surface area contributed by atoms with E-state index in [2.05, 4.69) is 4.98 Å². The first-order chi connectivity index (χ1) is 9.97. The number of para-hydroxylation sites is 1. The molecule has 0 aliphatic heterocycles. The van der Waals surface area contributed by atoms with E-state index in [0.29, 0.717) is 22.3 Å². The van der Waals surface area contributed by atoms with Crippen LogP contribution in [-0.2, 0) is 6.18 Å². The maximum atomic E-state index is 12.9. The molecule has 0 atom stereocenters. The third-order valence-corrected chi connectivity index (χ3v) is 3.30. The number of pyridine rings is 1. The van der Waals surface area contributed by atoms with Gasteiger partial charge < -0.3 is 5.73 Å². The highest BCUT2D eigenvalue weighted by Crippen LogP contribution is 2.36. The third-order valence-electron chi connectivity index (χ3n) is 3.30. The lowest BCUT2D eigenvalue weighted by Crippen LogP contribution is -2.05. The van der Waals surface area contributed by atoms with Crippen LogP contribution in [-0.4, -0.2) is 4.98 Å². The summed E-state index contributed by atoms with van der Waals surface area (Å²) in [5, 5.41) is 0.854. The molecule has 1 aromatic heterocycles. The summed E-state index contributed by atoms with van der Waals surface area (Å²) in [6.45, 7) is 0. The second-order valence-corrected chi connectivity index (χ2v) is 4.68. The van der Waals surface area contributed by atoms with Crippen LogP contribution < -0.4 is 5.73 Å². The Labute approximate surface area is 119 Å². The second kappa shape index (κ2) is 4.77. The summed E-state index contributed by atoms with van der Waals surface area (Å²) >= 11 is 0. The fourth-order valence-corrected chi connectivity index (χ4v) is 2.29. The SMILES string of the molecule is Nc1ccc(C(F)(F)F)cc1-c1cccc2cccnc12. The topological polar surface area (TPSA) is 38.9 Å². The number of hydrogen-bond acceptors (Lipinski definition) is 2. The molecule has 1 heterocycles. The van der Waals surface area contributed by atoms with Crippen LogP contribution in [0.4, 0.5) is 18.9 Å². The maximum Gasteiger partial charge on any atom is 0.416 e. The Kier molecular flexibility index (Phi) is 3.05. The molecule has 0 saturated heterocycles. The number of nitrogens with zero attached hydrogens (tertiary/aromatic N) is 1. The van der Waals surface area contributed by atoms with Gasteiger partial charge in [0.25, 0.3) is 0 Å². The molecular formula is C16H11F3N2. The van der Waals surface area contributed by atoms with Crippen molar-refractivity contribution < 1.29 is 13.2 Å². The van der Waals surface area contributed by atoms with Gasteiger partial charge in [0.2, 0.25) is 0 Å². The first-order valence-electron chi connectivity index (χ1n) is 6.27. The molecule has 0 unspecified atom stereocenters. The molecule has 2 nitrogen and oxygen atoms in total. The molecule has 3 rings (SSSR count). The molecule has 0 spiro atoms. The third kappa shape index (κ3) is 2.42. The number of fused-ring (bicyclic) bond motifs is 1. The summed E-state index contributed by atoms with van der Waals surface area (Å²) in [6, 6.07) is 12.3. The number of rotatable bonds is 1. The van der Waals surface area contributed by atoms with Crippen LogP contribution in [0.25, 0.3) is 22.0 Å². The molecule has 0 bridgehead atoms. The molecule has 0 aliphatic rings. The molecule has 5 heteroatoms. The molecular weight excluding hydrogens is 277 g/mol. The predicted molar refractivity (Wildman–Crippen MR) is 76.6 cm³/mol. The van der Waals surface area contributed by atoms with Crippen molar-refractivity contribution in [2.45, 2.75) is 6.18 Å². The van der Waals surface area contributed by atoms with Crippen LogP contribution >= 0.6 is 0 Å². The van der Waals surface area contributed by atoms with E-state index < -0.39 is 11.7 Å². The second-order valence-electron chi connectivity index (χ2n) is 4.68. The molecule has 2 N–H and O–H groups in total. The Bertz CT molecular complexity index is 805. The number of anilines is 1. The standard InChI is InChI=1S/C16H11F3N2/c17-16(18,19)11-6-7-14(20)13(9-11)12-5-1-3-10-4-2-8-21-15(10)12/h1-9H,20H2. The molecule has 3 aromatic rings. The largest absolute Gasteiger partial charge is 0.416 e. The van der Waals surface area contributed by atoms with Gasteiger partial charge >= 0.3 is 6.18 Å². The van der Waals surface area contributed by atoms with Crippen molar-refractivity contribution in [1.82, 2.24) is 4.98 Å². The zero-order valence-corrected chi connectivity index (χ0v) is 10.9. The Hall–Kier alpha value is -2.56. The van der Waals surface area contributed by atoms with Crippen molar-refractivity contribution in [3.63, 3.8) is 0 Å². The molecule has 0 saturated carbocycles. The van der Waals surface area contributed by atoms with Crippen molar-refractivity contribution in [3.05, 3.63) is 60.3 Å². The van der Waals surface area contributed by atoms with Gasteiger partial charge in [-0.05, 0) is 24.3 Å². The van der Waals surface area contributed by atoms with Crippen LogP contribution in [0.3, 0.4) is 0 Å². The van der Waals surface area contributed by atoms with Gasteiger partial charge in [0.05, 0.1) is 11.1 Å². The average Bonchev–Trinajstić information content (AvgIpc) is 2.46. The van der Waals surface area contributed by atoms with Crippen LogP contribution in [0.2, 0.25) is 0 Å². The van der Waals surface area contributed by atoms with E-state index in [1.54, 1.807) is 24.4 Å². The first kappa shape index (κ1) is 13.4. The van der Waals surface area contributed by atoms with Gasteiger partial charge in [-0.1, -0.05) is 24.3 Å². The lowest BCUT2D eigenvalue weighted by Gasteiger charge is -2.12. The number of hydrogen-bond donors (Lipinski definition) is 1. The van der Waals surface area contributed by atoms with Gasteiger partial charge in [-0.3, -0.25) is 4.98 Å². The number of nitrogens with two attached hydrogens (primary N) is 1. The minimum Gasteiger partial charge on any atom is -0.398 e. The van der Waals surface area contributed by atoms with Gasteiger partial charge in [-0.15, -0.1) is 0 Å². The number of nitrogen functional groups attached to an aromatic ring is 1. The van der Waals surface area contributed by atoms with Crippen LogP contribution in [0.1, 0.15) is 5.56 Å². The van der Waals surface area contributed by atoms with Gasteiger partial charge in [0.1, 0.15) is 0 Å². The lowest BCUT2D eigenvalue weighted by atomic mass is 9.98. The smallest absolute Gasteiger partial charge is 0.398 e. The van der Waals surface area contributed by atoms with E-state index in [0.717, 1.165) is 17.5 Å². The monoisotopic (exact) mass is 288 g/mol. The average molecular weight is 288 g/mol. The van der Waals surface area contributed by atoms with Gasteiger partial charge in [-0.2, -0.15) is 13.2 Å². The van der Waals surface area contributed by atoms with Gasteiger partial charge in [-0.25, -0.2) is 0 Å². The van der Waals surface area contributed by atoms with Crippen LogP contribution in [0, 0.1) is 0 Å². The molecule has 0 aliphatic carbocycles. The summed E-state index contributed by atoms with van der Waals surface area (Å²) < 4.78 is 38.6. The van der Waals surface area contributed by atoms with Crippen molar-refractivity contribution in [2.24, 2.45) is 0 Å². The quantitative estimate of drug-likeness (QED) is 0.669. The Morgan fingerprint density at radius 2 is 1.67 bits per heavy atom. The van der Waals surface area contributed by atoms with Crippen molar-refractivity contribution >= 4 is 16.6 Å². The van der Waals surface area contributed by atoms with E-state index in [4.69, 9.17) is 5.73 Å². The number of alkyl halides is 3. The molecule has 106 valence electrons. The highest BCUT2D eigenvalue weighted by Gasteiger charge is 2.31. The zero-order chi connectivity index (χ0) is 15.0. The number of halogens is 3. The molecule has 21 heavy (non-hydrogen) atoms. The van der Waals surface area contributed by atoms with Crippen molar-refractivity contribution in [2.75, 3.05) is 5.73 Å². The summed E-state index contributed by atoms with van der Waals surface area (Å²) in [5.74, 6) is 0. The lowest BCUT2D eigenvalue weighted by molar-refractivity contribution is -0.137. The zero-order valence-electron chi connectivity index (χ0n) is 10.9. The van der Waals surface area contributed by atoms with Gasteiger partial charge in [0, 0.05) is 28.4 Å². The van der Waals surface area contributed by atoms with Crippen LogP contribution in [0.5, 0.6) is 0 Å². The minimum atomic E-state index is -4.40. The number of aromatic nitrogens is 1. The summed E-state index contributed by atoms with van der Waals surface area (Å²) in [6.07, 6.45) is -2.80. The Balaban J connectivity index is 2.28. The van der Waals surface area contributed by atoms with E-state index in [9.17, 15) is 13.2 Å². The van der Waals surface area contributed by atoms with Crippen molar-refractivity contribution in [1.29, 1.82) is 0 Å². The highest BCUT2D eigenvalue weighted by atomic mass is 19.4. The molecule has 0 fully saturated rings. The molecule has 0 radical (unpaired) electrons. The Morgan fingerprint density at radius 3 is 2.43 bits per heavy atom. The van der Waals surface area contributed by atoms with E-state index in [1.165, 1.54) is 6.07 Å². The number of benzene rings is 2. The minimum absolute atomic E-state index is 0.293. The summed E-state index contributed by atoms with van der Waals surface area (Å²) in [4.78, 5) is 4.25. The van der Waals surface area contributed by atoms with Crippen LogP contribution in [0.15, 0.2) is 54.7 Å². The summed E-state index contributed by atoms with van der Waals surface area (Å²) in [7, 11) is 0. The van der Waals surface area contributed by atoms with Gasteiger partial charge in [0.15, 0.2) is 0 Å².